The van der Waals surface area contributed by atoms with Crippen LogP contribution in [0.5, 0.6) is 0 Å². The molecule has 0 radical (unpaired) electrons. The van der Waals surface area contributed by atoms with Crippen molar-refractivity contribution in [2.75, 3.05) is 19.8 Å². The van der Waals surface area contributed by atoms with Crippen molar-refractivity contribution in [3.63, 3.8) is 0 Å². The average molecular weight is 310 g/mol. The van der Waals surface area contributed by atoms with Gasteiger partial charge in [-0.3, -0.25) is 9.69 Å². The Morgan fingerprint density at radius 2 is 1.95 bits per heavy atom. The van der Waals surface area contributed by atoms with Gasteiger partial charge in [-0.2, -0.15) is 4.99 Å². The summed E-state index contributed by atoms with van der Waals surface area (Å²) in [6, 6.07) is 4.53. The maximum atomic E-state index is 12.3. The molecule has 0 saturated carbocycles. The van der Waals surface area contributed by atoms with Gasteiger partial charge in [-0.05, 0) is 38.7 Å². The summed E-state index contributed by atoms with van der Waals surface area (Å²) in [5.41, 5.74) is 10.5. The Balaban J connectivity index is 2.61. The first-order valence-electron chi connectivity index (χ1n) is 6.26. The van der Waals surface area contributed by atoms with Crippen LogP contribution in [0.25, 0.3) is 0 Å². The van der Waals surface area contributed by atoms with Crippen LogP contribution in [0, 0.1) is 0 Å². The number of aliphatic imine (C=N–C) groups is 1. The molecule has 1 aromatic rings. The van der Waals surface area contributed by atoms with E-state index < -0.39 is 21.3 Å². The Morgan fingerprint density at radius 1 is 1.33 bits per heavy atom. The van der Waals surface area contributed by atoms with E-state index in [1.165, 1.54) is 12.1 Å². The lowest BCUT2D eigenvalue weighted by Crippen LogP contribution is -2.40. The van der Waals surface area contributed by atoms with Gasteiger partial charge < -0.3 is 11.5 Å². The lowest BCUT2D eigenvalue weighted by molar-refractivity contribution is 0.100. The highest BCUT2D eigenvalue weighted by atomic mass is 32.2. The molecule has 0 saturated heterocycles. The van der Waals surface area contributed by atoms with Gasteiger partial charge in [0.25, 0.3) is 5.91 Å². The van der Waals surface area contributed by atoms with Gasteiger partial charge in [0.2, 0.25) is 0 Å². The van der Waals surface area contributed by atoms with Crippen LogP contribution >= 0.6 is 0 Å². The standard InChI is InChI=1S/C13H18N4O3S/c1-13(17(2)3)7-21(19,20)10-6-8(4-5-9(10)13)11(18)16-12(14)15/h4-6H,7H2,1-3H3,(H4,14,15,16,18). The first-order chi connectivity index (χ1) is 9.58. The molecule has 1 aliphatic heterocycles. The summed E-state index contributed by atoms with van der Waals surface area (Å²) in [5.74, 6) is -1.05. The number of carbonyl (C=O) groups is 1. The van der Waals surface area contributed by atoms with E-state index >= 15 is 0 Å². The number of hydrogen-bond donors (Lipinski definition) is 2. The molecular formula is C13H18N4O3S. The fourth-order valence-corrected chi connectivity index (χ4v) is 4.67. The van der Waals surface area contributed by atoms with Crippen molar-refractivity contribution in [1.29, 1.82) is 0 Å². The van der Waals surface area contributed by atoms with Crippen LogP contribution in [0.15, 0.2) is 28.1 Å². The minimum absolute atomic E-state index is 0.0255. The van der Waals surface area contributed by atoms with Crippen molar-refractivity contribution >= 4 is 21.7 Å². The number of nitrogens with zero attached hydrogens (tertiary/aromatic N) is 2. The van der Waals surface area contributed by atoms with Gasteiger partial charge in [0.05, 0.1) is 16.2 Å². The van der Waals surface area contributed by atoms with Crippen LogP contribution in [-0.2, 0) is 15.4 Å². The molecule has 0 fully saturated rings. The predicted molar refractivity (Wildman–Crippen MR) is 79.7 cm³/mol. The maximum Gasteiger partial charge on any atom is 0.280 e. The van der Waals surface area contributed by atoms with Crippen LogP contribution in [-0.4, -0.2) is 45.0 Å². The minimum atomic E-state index is -3.45. The summed E-state index contributed by atoms with van der Waals surface area (Å²) < 4.78 is 24.7. The zero-order valence-electron chi connectivity index (χ0n) is 12.1. The lowest BCUT2D eigenvalue weighted by Gasteiger charge is -2.32. The van der Waals surface area contributed by atoms with E-state index in [0.29, 0.717) is 5.56 Å². The van der Waals surface area contributed by atoms with Gasteiger partial charge in [0.15, 0.2) is 15.8 Å². The third-order valence-electron chi connectivity index (χ3n) is 3.83. The number of guanidine groups is 1. The molecule has 2 rings (SSSR count). The third-order valence-corrected chi connectivity index (χ3v) is 5.78. The lowest BCUT2D eigenvalue weighted by atomic mass is 9.92. The summed E-state index contributed by atoms with van der Waals surface area (Å²) >= 11 is 0. The first kappa shape index (κ1) is 15.5. The van der Waals surface area contributed by atoms with Gasteiger partial charge in [-0.25, -0.2) is 8.42 Å². The van der Waals surface area contributed by atoms with E-state index in [-0.39, 0.29) is 22.2 Å². The van der Waals surface area contributed by atoms with Gasteiger partial charge >= 0.3 is 0 Å². The summed E-state index contributed by atoms with van der Waals surface area (Å²) in [5, 5.41) is 0. The highest BCUT2D eigenvalue weighted by Crippen LogP contribution is 2.41. The number of hydrogen-bond acceptors (Lipinski definition) is 4. The number of nitrogens with two attached hydrogens (primary N) is 2. The largest absolute Gasteiger partial charge is 0.370 e. The Labute approximate surface area is 123 Å². The van der Waals surface area contributed by atoms with E-state index in [1.807, 2.05) is 25.9 Å². The van der Waals surface area contributed by atoms with E-state index in [2.05, 4.69) is 4.99 Å². The second-order valence-electron chi connectivity index (χ2n) is 5.48. The second-order valence-corrected chi connectivity index (χ2v) is 7.44. The van der Waals surface area contributed by atoms with E-state index in [0.717, 1.165) is 0 Å². The smallest absolute Gasteiger partial charge is 0.280 e. The maximum absolute atomic E-state index is 12.3. The normalized spacial score (nSPS) is 22.9. The molecule has 1 aliphatic rings. The van der Waals surface area contributed by atoms with Crippen LogP contribution in [0.3, 0.4) is 0 Å². The van der Waals surface area contributed by atoms with Crippen molar-refractivity contribution in [2.24, 2.45) is 16.5 Å². The highest BCUT2D eigenvalue weighted by Gasteiger charge is 2.45. The van der Waals surface area contributed by atoms with Crippen molar-refractivity contribution in [3.8, 4) is 0 Å². The quantitative estimate of drug-likeness (QED) is 0.570. The Kier molecular flexibility index (Phi) is 3.54. The SMILES string of the molecule is CN(C)C1(C)CS(=O)(=O)c2cc(C(=O)N=C(N)N)ccc21. The first-order valence-corrected chi connectivity index (χ1v) is 7.92. The van der Waals surface area contributed by atoms with Crippen LogP contribution in [0.4, 0.5) is 0 Å². The Hall–Kier alpha value is -1.93. The topological polar surface area (TPSA) is 119 Å². The highest BCUT2D eigenvalue weighted by molar-refractivity contribution is 7.91. The molecule has 0 bridgehead atoms. The van der Waals surface area contributed by atoms with Crippen molar-refractivity contribution in [3.05, 3.63) is 29.3 Å². The van der Waals surface area contributed by atoms with Gasteiger partial charge in [0, 0.05) is 5.56 Å². The van der Waals surface area contributed by atoms with Crippen molar-refractivity contribution < 1.29 is 13.2 Å². The predicted octanol–water partition coefficient (Wildman–Crippen LogP) is -0.336. The van der Waals surface area contributed by atoms with E-state index in [1.54, 1.807) is 6.07 Å². The molecule has 1 atom stereocenters. The zero-order chi connectivity index (χ0) is 16.0. The number of rotatable bonds is 2. The van der Waals surface area contributed by atoms with E-state index in [4.69, 9.17) is 11.5 Å². The fourth-order valence-electron chi connectivity index (χ4n) is 2.43. The molecule has 114 valence electrons. The molecular weight excluding hydrogens is 292 g/mol. The van der Waals surface area contributed by atoms with Crippen LogP contribution in [0.2, 0.25) is 0 Å². The summed E-state index contributed by atoms with van der Waals surface area (Å²) in [7, 11) is 0.197. The molecule has 1 heterocycles. The van der Waals surface area contributed by atoms with Gasteiger partial charge in [-0.1, -0.05) is 6.07 Å². The average Bonchev–Trinajstić information content (AvgIpc) is 2.57. The molecule has 0 spiro atoms. The molecule has 7 nitrogen and oxygen atoms in total. The fraction of sp³-hybridized carbons (Fsp3) is 0.385. The molecule has 1 unspecified atom stereocenters. The van der Waals surface area contributed by atoms with Gasteiger partial charge in [0.1, 0.15) is 0 Å². The number of carbonyl (C=O) groups excluding carboxylic acids is 1. The molecule has 0 aliphatic carbocycles. The number of benzene rings is 1. The minimum Gasteiger partial charge on any atom is -0.370 e. The zero-order valence-corrected chi connectivity index (χ0v) is 12.9. The number of fused-ring (bicyclic) bond motifs is 1. The molecule has 8 heteroatoms. The number of sulfone groups is 1. The van der Waals surface area contributed by atoms with E-state index in [9.17, 15) is 13.2 Å². The molecule has 1 amide bonds. The van der Waals surface area contributed by atoms with Crippen LogP contribution < -0.4 is 11.5 Å². The summed E-state index contributed by atoms with van der Waals surface area (Å²) in [6.45, 7) is 1.86. The molecule has 21 heavy (non-hydrogen) atoms. The monoisotopic (exact) mass is 310 g/mol. The second kappa shape index (κ2) is 4.81. The van der Waals surface area contributed by atoms with Crippen molar-refractivity contribution in [2.45, 2.75) is 17.4 Å². The Morgan fingerprint density at radius 3 is 2.48 bits per heavy atom. The molecule has 1 aromatic carbocycles. The number of amides is 1. The molecule has 0 aromatic heterocycles. The summed E-state index contributed by atoms with van der Waals surface area (Å²) in [6.07, 6.45) is 0. The van der Waals surface area contributed by atoms with Crippen LogP contribution in [0.1, 0.15) is 22.8 Å². The molecule has 4 N–H and O–H groups in total. The summed E-state index contributed by atoms with van der Waals surface area (Å²) in [4.78, 5) is 17.2. The van der Waals surface area contributed by atoms with Crippen molar-refractivity contribution in [1.82, 2.24) is 4.90 Å². The third kappa shape index (κ3) is 2.52. The van der Waals surface area contributed by atoms with Gasteiger partial charge in [-0.15, -0.1) is 0 Å². The Bertz CT molecular complexity index is 736.